The predicted molar refractivity (Wildman–Crippen MR) is 93.7 cm³/mol. The van der Waals surface area contributed by atoms with E-state index in [1.165, 1.54) is 0 Å². The summed E-state index contributed by atoms with van der Waals surface area (Å²) in [5.41, 5.74) is 1.87. The van der Waals surface area contributed by atoms with Crippen molar-refractivity contribution in [2.45, 2.75) is 0 Å². The van der Waals surface area contributed by atoms with Crippen LogP contribution in [0.4, 0.5) is 5.69 Å². The molecule has 5 heteroatoms. The van der Waals surface area contributed by atoms with Gasteiger partial charge in [-0.3, -0.25) is 4.79 Å². The standard InChI is InChI=1S/C17H16BrClN2O/c18-16-4-2-1-3-15(16)17(22)21-11-9-20(10-12-21)14-7-5-13(19)6-8-14/h1-8H,9-12H2. The van der Waals surface area contributed by atoms with Crippen LogP contribution in [0.2, 0.25) is 5.02 Å². The molecule has 0 N–H and O–H groups in total. The second kappa shape index (κ2) is 6.71. The van der Waals surface area contributed by atoms with Crippen molar-refractivity contribution in [1.82, 2.24) is 4.90 Å². The lowest BCUT2D eigenvalue weighted by Crippen LogP contribution is -2.48. The van der Waals surface area contributed by atoms with Crippen LogP contribution in [0, 0.1) is 0 Å². The second-order valence-electron chi connectivity index (χ2n) is 5.24. The van der Waals surface area contributed by atoms with Crippen LogP contribution in [0.3, 0.4) is 0 Å². The lowest BCUT2D eigenvalue weighted by Gasteiger charge is -2.36. The van der Waals surface area contributed by atoms with E-state index in [1.807, 2.05) is 53.4 Å². The first-order valence-electron chi connectivity index (χ1n) is 7.19. The number of hydrogen-bond donors (Lipinski definition) is 0. The molecule has 0 atom stereocenters. The molecular weight excluding hydrogens is 364 g/mol. The van der Waals surface area contributed by atoms with Gasteiger partial charge in [-0.1, -0.05) is 23.7 Å². The van der Waals surface area contributed by atoms with Gasteiger partial charge in [-0.25, -0.2) is 0 Å². The molecule has 0 aliphatic carbocycles. The van der Waals surface area contributed by atoms with E-state index in [1.54, 1.807) is 0 Å². The van der Waals surface area contributed by atoms with Gasteiger partial charge in [-0.2, -0.15) is 0 Å². The lowest BCUT2D eigenvalue weighted by atomic mass is 10.1. The molecule has 1 heterocycles. The van der Waals surface area contributed by atoms with Crippen molar-refractivity contribution >= 4 is 39.1 Å². The topological polar surface area (TPSA) is 23.6 Å². The third-order valence-corrected chi connectivity index (χ3v) is 4.81. The number of piperazine rings is 1. The summed E-state index contributed by atoms with van der Waals surface area (Å²) >= 11 is 9.37. The van der Waals surface area contributed by atoms with Gasteiger partial charge < -0.3 is 9.80 Å². The molecule has 22 heavy (non-hydrogen) atoms. The van der Waals surface area contributed by atoms with Gasteiger partial charge in [-0.05, 0) is 52.3 Å². The summed E-state index contributed by atoms with van der Waals surface area (Å²) in [4.78, 5) is 16.8. The summed E-state index contributed by atoms with van der Waals surface area (Å²) < 4.78 is 0.847. The number of nitrogens with zero attached hydrogens (tertiary/aromatic N) is 2. The summed E-state index contributed by atoms with van der Waals surface area (Å²) in [6.07, 6.45) is 0. The Balaban J connectivity index is 1.65. The minimum absolute atomic E-state index is 0.0863. The van der Waals surface area contributed by atoms with Crippen molar-refractivity contribution < 1.29 is 4.79 Å². The van der Waals surface area contributed by atoms with Crippen LogP contribution in [0.1, 0.15) is 10.4 Å². The molecule has 1 saturated heterocycles. The summed E-state index contributed by atoms with van der Waals surface area (Å²) in [6.45, 7) is 3.11. The third kappa shape index (κ3) is 3.28. The molecule has 2 aromatic rings. The zero-order valence-electron chi connectivity index (χ0n) is 12.0. The van der Waals surface area contributed by atoms with E-state index in [2.05, 4.69) is 20.8 Å². The van der Waals surface area contributed by atoms with Crippen molar-refractivity contribution in [2.75, 3.05) is 31.1 Å². The monoisotopic (exact) mass is 378 g/mol. The normalized spacial score (nSPS) is 15.0. The Morgan fingerprint density at radius 3 is 2.23 bits per heavy atom. The van der Waals surface area contributed by atoms with Crippen LogP contribution >= 0.6 is 27.5 Å². The highest BCUT2D eigenvalue weighted by molar-refractivity contribution is 9.10. The second-order valence-corrected chi connectivity index (χ2v) is 6.53. The first-order valence-corrected chi connectivity index (χ1v) is 8.36. The smallest absolute Gasteiger partial charge is 0.255 e. The van der Waals surface area contributed by atoms with E-state index in [0.717, 1.165) is 46.9 Å². The molecule has 0 bridgehead atoms. The molecule has 0 unspecified atom stereocenters. The van der Waals surface area contributed by atoms with E-state index in [0.29, 0.717) is 0 Å². The maximum absolute atomic E-state index is 12.6. The van der Waals surface area contributed by atoms with Gasteiger partial charge in [0.2, 0.25) is 0 Å². The Morgan fingerprint density at radius 2 is 1.59 bits per heavy atom. The Morgan fingerprint density at radius 1 is 0.955 bits per heavy atom. The number of halogens is 2. The van der Waals surface area contributed by atoms with Crippen LogP contribution in [0.5, 0.6) is 0 Å². The highest BCUT2D eigenvalue weighted by Gasteiger charge is 2.23. The minimum atomic E-state index is 0.0863. The van der Waals surface area contributed by atoms with Crippen LogP contribution < -0.4 is 4.90 Å². The Hall–Kier alpha value is -1.52. The van der Waals surface area contributed by atoms with Gasteiger partial charge >= 0.3 is 0 Å². The zero-order chi connectivity index (χ0) is 15.5. The maximum atomic E-state index is 12.6. The molecule has 1 aliphatic rings. The number of benzene rings is 2. The Labute approximate surface area is 143 Å². The number of rotatable bonds is 2. The van der Waals surface area contributed by atoms with E-state index < -0.39 is 0 Å². The van der Waals surface area contributed by atoms with Crippen LogP contribution in [-0.4, -0.2) is 37.0 Å². The maximum Gasteiger partial charge on any atom is 0.255 e. The first kappa shape index (κ1) is 15.4. The van der Waals surface area contributed by atoms with Crippen LogP contribution in [-0.2, 0) is 0 Å². The van der Waals surface area contributed by atoms with Crippen LogP contribution in [0.15, 0.2) is 53.0 Å². The SMILES string of the molecule is O=C(c1ccccc1Br)N1CCN(c2ccc(Cl)cc2)CC1. The lowest BCUT2D eigenvalue weighted by molar-refractivity contribution is 0.0746. The average Bonchev–Trinajstić information content (AvgIpc) is 2.56. The van der Waals surface area contributed by atoms with Gasteiger partial charge in [0.05, 0.1) is 5.56 Å². The number of carbonyl (C=O) groups is 1. The summed E-state index contributed by atoms with van der Waals surface area (Å²) in [7, 11) is 0. The summed E-state index contributed by atoms with van der Waals surface area (Å²) in [5, 5.41) is 0.742. The Kier molecular flexibility index (Phi) is 4.69. The van der Waals surface area contributed by atoms with Crippen molar-refractivity contribution in [3.63, 3.8) is 0 Å². The van der Waals surface area contributed by atoms with E-state index in [-0.39, 0.29) is 5.91 Å². The van der Waals surface area contributed by atoms with Crippen molar-refractivity contribution in [3.05, 3.63) is 63.6 Å². The number of carbonyl (C=O) groups excluding carboxylic acids is 1. The molecule has 1 aliphatic heterocycles. The largest absolute Gasteiger partial charge is 0.368 e. The fourth-order valence-corrected chi connectivity index (χ4v) is 3.21. The molecule has 3 nitrogen and oxygen atoms in total. The average molecular weight is 380 g/mol. The quantitative estimate of drug-likeness (QED) is 0.785. The molecule has 0 aromatic heterocycles. The minimum Gasteiger partial charge on any atom is -0.368 e. The molecule has 3 rings (SSSR count). The van der Waals surface area contributed by atoms with Crippen LogP contribution in [0.25, 0.3) is 0 Å². The fourth-order valence-electron chi connectivity index (χ4n) is 2.62. The zero-order valence-corrected chi connectivity index (χ0v) is 14.3. The van der Waals surface area contributed by atoms with E-state index in [4.69, 9.17) is 11.6 Å². The molecule has 0 saturated carbocycles. The van der Waals surface area contributed by atoms with E-state index >= 15 is 0 Å². The van der Waals surface area contributed by atoms with Crippen molar-refractivity contribution in [2.24, 2.45) is 0 Å². The van der Waals surface area contributed by atoms with Gasteiger partial charge in [0.1, 0.15) is 0 Å². The summed E-state index contributed by atoms with van der Waals surface area (Å²) in [5.74, 6) is 0.0863. The molecular formula is C17H16BrClN2O. The molecule has 0 radical (unpaired) electrons. The first-order chi connectivity index (χ1) is 10.6. The summed E-state index contributed by atoms with van der Waals surface area (Å²) in [6, 6.07) is 15.4. The predicted octanol–water partition coefficient (Wildman–Crippen LogP) is 4.06. The van der Waals surface area contributed by atoms with Gasteiger partial charge in [0.25, 0.3) is 5.91 Å². The third-order valence-electron chi connectivity index (χ3n) is 3.86. The molecule has 0 spiro atoms. The highest BCUT2D eigenvalue weighted by atomic mass is 79.9. The fraction of sp³-hybridized carbons (Fsp3) is 0.235. The van der Waals surface area contributed by atoms with Crippen molar-refractivity contribution in [1.29, 1.82) is 0 Å². The van der Waals surface area contributed by atoms with Gasteiger partial charge in [-0.15, -0.1) is 0 Å². The number of anilines is 1. The van der Waals surface area contributed by atoms with E-state index in [9.17, 15) is 4.79 Å². The molecule has 2 aromatic carbocycles. The number of amides is 1. The Bertz CT molecular complexity index is 667. The van der Waals surface area contributed by atoms with Gasteiger partial charge in [0, 0.05) is 41.4 Å². The molecule has 1 amide bonds. The molecule has 114 valence electrons. The molecule has 1 fully saturated rings. The van der Waals surface area contributed by atoms with Gasteiger partial charge in [0.15, 0.2) is 0 Å². The highest BCUT2D eigenvalue weighted by Crippen LogP contribution is 2.22. The van der Waals surface area contributed by atoms with Crippen molar-refractivity contribution in [3.8, 4) is 0 Å². The number of hydrogen-bond acceptors (Lipinski definition) is 2.